The SMILES string of the molecule is CCCC1C=CC(C)=C1.[H-].[Li+]. The van der Waals surface area contributed by atoms with Crippen LogP contribution in [0.25, 0.3) is 0 Å². The molecule has 10 heavy (non-hydrogen) atoms. The van der Waals surface area contributed by atoms with Gasteiger partial charge in [-0.25, -0.2) is 0 Å². The molecule has 0 saturated heterocycles. The van der Waals surface area contributed by atoms with Crippen LogP contribution in [0.15, 0.2) is 23.8 Å². The third-order valence-corrected chi connectivity index (χ3v) is 1.71. The Morgan fingerprint density at radius 2 is 2.30 bits per heavy atom. The van der Waals surface area contributed by atoms with E-state index in [9.17, 15) is 0 Å². The van der Waals surface area contributed by atoms with Crippen molar-refractivity contribution in [1.82, 2.24) is 0 Å². The molecule has 1 aliphatic carbocycles. The molecule has 0 aromatic heterocycles. The molecule has 0 N–H and O–H groups in total. The van der Waals surface area contributed by atoms with Gasteiger partial charge in [-0.05, 0) is 19.3 Å². The van der Waals surface area contributed by atoms with Crippen molar-refractivity contribution in [2.45, 2.75) is 26.7 Å². The monoisotopic (exact) mass is 130 g/mol. The van der Waals surface area contributed by atoms with E-state index in [-0.39, 0.29) is 20.3 Å². The quantitative estimate of drug-likeness (QED) is 0.463. The second-order valence-corrected chi connectivity index (χ2v) is 2.72. The molecule has 0 saturated carbocycles. The Morgan fingerprint density at radius 3 is 2.70 bits per heavy atom. The van der Waals surface area contributed by atoms with Crippen molar-refractivity contribution in [3.05, 3.63) is 23.8 Å². The average Bonchev–Trinajstić information content (AvgIpc) is 2.17. The Labute approximate surface area is 77.1 Å². The van der Waals surface area contributed by atoms with Crippen molar-refractivity contribution in [2.75, 3.05) is 0 Å². The van der Waals surface area contributed by atoms with Crippen LogP contribution in [0.3, 0.4) is 0 Å². The van der Waals surface area contributed by atoms with Gasteiger partial charge < -0.3 is 1.43 Å². The molecule has 1 rings (SSSR count). The van der Waals surface area contributed by atoms with Crippen molar-refractivity contribution < 1.29 is 20.3 Å². The molecule has 1 unspecified atom stereocenters. The van der Waals surface area contributed by atoms with E-state index in [1.54, 1.807) is 0 Å². The number of hydrogen-bond acceptors (Lipinski definition) is 0. The van der Waals surface area contributed by atoms with Crippen LogP contribution >= 0.6 is 0 Å². The molecule has 0 spiro atoms. The van der Waals surface area contributed by atoms with Crippen LogP contribution < -0.4 is 18.9 Å². The summed E-state index contributed by atoms with van der Waals surface area (Å²) in [6.45, 7) is 4.39. The molecule has 0 heterocycles. The summed E-state index contributed by atoms with van der Waals surface area (Å²) in [4.78, 5) is 0. The topological polar surface area (TPSA) is 0 Å². The zero-order chi connectivity index (χ0) is 6.69. The molecule has 0 aromatic rings. The van der Waals surface area contributed by atoms with E-state index in [1.807, 2.05) is 0 Å². The van der Waals surface area contributed by atoms with E-state index >= 15 is 0 Å². The Balaban J connectivity index is 0. The first-order valence-electron chi connectivity index (χ1n) is 3.69. The zero-order valence-electron chi connectivity index (χ0n) is 8.22. The molecule has 0 amide bonds. The Bertz CT molecular complexity index is 150. The summed E-state index contributed by atoms with van der Waals surface area (Å²) < 4.78 is 0. The van der Waals surface area contributed by atoms with Gasteiger partial charge in [0.1, 0.15) is 0 Å². The number of rotatable bonds is 2. The van der Waals surface area contributed by atoms with Crippen LogP contribution in [-0.4, -0.2) is 0 Å². The van der Waals surface area contributed by atoms with Gasteiger partial charge in [0.05, 0.1) is 0 Å². The third-order valence-electron chi connectivity index (χ3n) is 1.71. The molecule has 1 atom stereocenters. The molecule has 0 radical (unpaired) electrons. The van der Waals surface area contributed by atoms with Crippen molar-refractivity contribution in [3.63, 3.8) is 0 Å². The minimum atomic E-state index is 0. The number of allylic oxidation sites excluding steroid dienone is 4. The van der Waals surface area contributed by atoms with E-state index < -0.39 is 0 Å². The predicted octanol–water partition coefficient (Wildman–Crippen LogP) is 0.0353. The van der Waals surface area contributed by atoms with Crippen LogP contribution in [0.4, 0.5) is 0 Å². The summed E-state index contributed by atoms with van der Waals surface area (Å²) in [6, 6.07) is 0. The smallest absolute Gasteiger partial charge is 1.00 e. The van der Waals surface area contributed by atoms with Crippen LogP contribution in [0.2, 0.25) is 0 Å². The number of hydrogen-bond donors (Lipinski definition) is 0. The van der Waals surface area contributed by atoms with Gasteiger partial charge >= 0.3 is 18.9 Å². The van der Waals surface area contributed by atoms with E-state index in [2.05, 4.69) is 32.1 Å². The van der Waals surface area contributed by atoms with Crippen LogP contribution in [-0.2, 0) is 0 Å². The fourth-order valence-corrected chi connectivity index (χ4v) is 1.24. The Hall–Kier alpha value is 0.0774. The molecule has 0 fully saturated rings. The van der Waals surface area contributed by atoms with Crippen molar-refractivity contribution >= 4 is 0 Å². The van der Waals surface area contributed by atoms with Gasteiger partial charge in [-0.1, -0.05) is 37.1 Å². The van der Waals surface area contributed by atoms with Crippen LogP contribution in [0, 0.1) is 5.92 Å². The molecular formula is C9H15Li. The normalized spacial score (nSPS) is 22.2. The molecule has 0 aliphatic heterocycles. The molecule has 0 aromatic carbocycles. The van der Waals surface area contributed by atoms with E-state index in [0.717, 1.165) is 5.92 Å². The second-order valence-electron chi connectivity index (χ2n) is 2.72. The van der Waals surface area contributed by atoms with E-state index in [4.69, 9.17) is 0 Å². The van der Waals surface area contributed by atoms with Crippen molar-refractivity contribution in [2.24, 2.45) is 5.92 Å². The van der Waals surface area contributed by atoms with Gasteiger partial charge in [-0.2, -0.15) is 0 Å². The summed E-state index contributed by atoms with van der Waals surface area (Å²) in [5.74, 6) is 0.745. The first kappa shape index (κ1) is 10.1. The van der Waals surface area contributed by atoms with E-state index in [1.165, 1.54) is 18.4 Å². The average molecular weight is 130 g/mol. The molecule has 1 aliphatic rings. The Morgan fingerprint density at radius 1 is 1.60 bits per heavy atom. The maximum Gasteiger partial charge on any atom is 1.00 e. The summed E-state index contributed by atoms with van der Waals surface area (Å²) in [6.07, 6.45) is 9.44. The van der Waals surface area contributed by atoms with Gasteiger partial charge in [0, 0.05) is 0 Å². The predicted molar refractivity (Wildman–Crippen MR) is 42.4 cm³/mol. The van der Waals surface area contributed by atoms with Crippen molar-refractivity contribution in [3.8, 4) is 0 Å². The maximum atomic E-state index is 2.34. The largest absolute Gasteiger partial charge is 1.00 e. The van der Waals surface area contributed by atoms with Gasteiger partial charge in [-0.3, -0.25) is 0 Å². The summed E-state index contributed by atoms with van der Waals surface area (Å²) in [7, 11) is 0. The maximum absolute atomic E-state index is 2.34. The Kier molecular flexibility index (Phi) is 4.86. The van der Waals surface area contributed by atoms with E-state index in [0.29, 0.717) is 0 Å². The van der Waals surface area contributed by atoms with Crippen LogP contribution in [0.1, 0.15) is 28.1 Å². The minimum absolute atomic E-state index is 0. The summed E-state index contributed by atoms with van der Waals surface area (Å²) >= 11 is 0. The fraction of sp³-hybridized carbons (Fsp3) is 0.556. The molecule has 52 valence electrons. The van der Waals surface area contributed by atoms with Gasteiger partial charge in [0.15, 0.2) is 0 Å². The van der Waals surface area contributed by atoms with Crippen molar-refractivity contribution in [1.29, 1.82) is 0 Å². The zero-order valence-corrected chi connectivity index (χ0v) is 7.22. The first-order valence-corrected chi connectivity index (χ1v) is 3.69. The molecule has 0 nitrogen and oxygen atoms in total. The molecular weight excluding hydrogens is 115 g/mol. The van der Waals surface area contributed by atoms with Crippen LogP contribution in [0.5, 0.6) is 0 Å². The summed E-state index contributed by atoms with van der Waals surface area (Å²) in [5, 5.41) is 0. The first-order chi connectivity index (χ1) is 4.33. The second kappa shape index (κ2) is 4.83. The fourth-order valence-electron chi connectivity index (χ4n) is 1.24. The molecule has 0 bridgehead atoms. The standard InChI is InChI=1S/C9H14.Li.H/c1-3-4-9-6-5-8(2)7-9;;/h5-7,9H,3-4H2,1-2H3;;/q;+1;-1. The third kappa shape index (κ3) is 2.77. The van der Waals surface area contributed by atoms with Gasteiger partial charge in [0.25, 0.3) is 0 Å². The molecule has 1 heteroatoms. The summed E-state index contributed by atoms with van der Waals surface area (Å²) in [5.41, 5.74) is 1.42. The minimum Gasteiger partial charge on any atom is -1.00 e. The van der Waals surface area contributed by atoms with Gasteiger partial charge in [-0.15, -0.1) is 0 Å². The van der Waals surface area contributed by atoms with Gasteiger partial charge in [0.2, 0.25) is 0 Å².